The number of nitrogens with zero attached hydrogens (tertiary/aromatic N) is 2. The Kier molecular flexibility index (Phi) is 5.53. The first-order chi connectivity index (χ1) is 8.31. The van der Waals surface area contributed by atoms with Crippen molar-refractivity contribution in [2.75, 3.05) is 13.1 Å². The quantitative estimate of drug-likeness (QED) is 0.848. The molecule has 1 aromatic rings. The standard InChI is InChI=1S/C13H22BrN3O/c1-10-16-9-11(14)12(18)17(10)8-7-15-6-5-13(2,3)4/h9,15H,5-8H2,1-4H3. The fourth-order valence-electron chi connectivity index (χ4n) is 1.59. The van der Waals surface area contributed by atoms with E-state index in [1.165, 1.54) is 0 Å². The molecule has 0 saturated carbocycles. The van der Waals surface area contributed by atoms with E-state index < -0.39 is 0 Å². The summed E-state index contributed by atoms with van der Waals surface area (Å²) in [6, 6.07) is 0. The van der Waals surface area contributed by atoms with Crippen molar-refractivity contribution in [3.05, 3.63) is 26.8 Å². The van der Waals surface area contributed by atoms with Crippen LogP contribution in [-0.2, 0) is 6.54 Å². The van der Waals surface area contributed by atoms with E-state index in [0.717, 1.165) is 25.3 Å². The topological polar surface area (TPSA) is 46.9 Å². The molecule has 0 bridgehead atoms. The van der Waals surface area contributed by atoms with Crippen molar-refractivity contribution in [1.82, 2.24) is 14.9 Å². The zero-order valence-corrected chi connectivity index (χ0v) is 13.2. The van der Waals surface area contributed by atoms with Gasteiger partial charge in [-0.1, -0.05) is 20.8 Å². The van der Waals surface area contributed by atoms with Crippen molar-refractivity contribution < 1.29 is 0 Å². The van der Waals surface area contributed by atoms with Gasteiger partial charge in [0.15, 0.2) is 0 Å². The first-order valence-corrected chi connectivity index (χ1v) is 7.03. The Hall–Kier alpha value is -0.680. The van der Waals surface area contributed by atoms with Crippen LogP contribution in [0.3, 0.4) is 0 Å². The second kappa shape index (κ2) is 6.48. The SMILES string of the molecule is Cc1ncc(Br)c(=O)n1CCNCCC(C)(C)C. The van der Waals surface area contributed by atoms with E-state index in [0.29, 0.717) is 16.4 Å². The summed E-state index contributed by atoms with van der Waals surface area (Å²) >= 11 is 3.21. The van der Waals surface area contributed by atoms with Gasteiger partial charge in [0.05, 0.1) is 0 Å². The third kappa shape index (κ3) is 4.90. The molecule has 1 rings (SSSR count). The summed E-state index contributed by atoms with van der Waals surface area (Å²) in [5, 5.41) is 3.36. The molecule has 4 nitrogen and oxygen atoms in total. The Morgan fingerprint density at radius 1 is 1.39 bits per heavy atom. The lowest BCUT2D eigenvalue weighted by Crippen LogP contribution is -2.30. The average molecular weight is 316 g/mol. The van der Waals surface area contributed by atoms with E-state index >= 15 is 0 Å². The minimum Gasteiger partial charge on any atom is -0.315 e. The van der Waals surface area contributed by atoms with E-state index in [9.17, 15) is 4.79 Å². The lowest BCUT2D eigenvalue weighted by Gasteiger charge is -2.18. The molecular weight excluding hydrogens is 294 g/mol. The van der Waals surface area contributed by atoms with Crippen LogP contribution in [0.2, 0.25) is 0 Å². The van der Waals surface area contributed by atoms with E-state index in [2.05, 4.69) is 47.0 Å². The summed E-state index contributed by atoms with van der Waals surface area (Å²) in [5.74, 6) is 0.751. The first kappa shape index (κ1) is 15.4. The predicted octanol–water partition coefficient (Wildman–Crippen LogP) is 2.34. The maximum atomic E-state index is 11.9. The molecule has 5 heteroatoms. The highest BCUT2D eigenvalue weighted by Gasteiger charge is 2.09. The van der Waals surface area contributed by atoms with Crippen LogP contribution >= 0.6 is 15.9 Å². The second-order valence-electron chi connectivity index (χ2n) is 5.67. The van der Waals surface area contributed by atoms with Gasteiger partial charge in [-0.2, -0.15) is 0 Å². The van der Waals surface area contributed by atoms with Crippen molar-refractivity contribution in [3.63, 3.8) is 0 Å². The van der Waals surface area contributed by atoms with Crippen LogP contribution in [0.4, 0.5) is 0 Å². The van der Waals surface area contributed by atoms with Crippen molar-refractivity contribution in [2.45, 2.75) is 40.7 Å². The summed E-state index contributed by atoms with van der Waals surface area (Å²) in [7, 11) is 0. The molecule has 0 aromatic carbocycles. The van der Waals surface area contributed by atoms with Crippen LogP contribution < -0.4 is 10.9 Å². The third-order valence-electron chi connectivity index (χ3n) is 2.77. The lowest BCUT2D eigenvalue weighted by molar-refractivity contribution is 0.364. The summed E-state index contributed by atoms with van der Waals surface area (Å²) < 4.78 is 2.21. The number of halogens is 1. The largest absolute Gasteiger partial charge is 0.315 e. The molecular formula is C13H22BrN3O. The third-order valence-corrected chi connectivity index (χ3v) is 3.31. The van der Waals surface area contributed by atoms with Crippen molar-refractivity contribution in [2.24, 2.45) is 5.41 Å². The zero-order valence-electron chi connectivity index (χ0n) is 11.6. The number of hydrogen-bond acceptors (Lipinski definition) is 3. The van der Waals surface area contributed by atoms with Gasteiger partial charge in [-0.25, -0.2) is 4.98 Å². The summed E-state index contributed by atoms with van der Waals surface area (Å²) in [4.78, 5) is 16.0. The smallest absolute Gasteiger partial charge is 0.267 e. The highest BCUT2D eigenvalue weighted by Crippen LogP contribution is 2.16. The molecule has 102 valence electrons. The van der Waals surface area contributed by atoms with Crippen molar-refractivity contribution in [1.29, 1.82) is 0 Å². The number of hydrogen-bond donors (Lipinski definition) is 1. The van der Waals surface area contributed by atoms with Crippen LogP contribution in [0.15, 0.2) is 15.5 Å². The number of aromatic nitrogens is 2. The lowest BCUT2D eigenvalue weighted by atomic mass is 9.92. The van der Waals surface area contributed by atoms with Crippen LogP contribution in [0, 0.1) is 12.3 Å². The molecule has 0 spiro atoms. The number of nitrogens with one attached hydrogen (secondary N) is 1. The fraction of sp³-hybridized carbons (Fsp3) is 0.692. The Morgan fingerprint density at radius 2 is 2.06 bits per heavy atom. The molecule has 18 heavy (non-hydrogen) atoms. The molecule has 0 atom stereocenters. The molecule has 0 aliphatic heterocycles. The van der Waals surface area contributed by atoms with Gasteiger partial charge < -0.3 is 5.32 Å². The molecule has 0 aliphatic carbocycles. The van der Waals surface area contributed by atoms with E-state index in [1.807, 2.05) is 6.92 Å². The molecule has 1 heterocycles. The highest BCUT2D eigenvalue weighted by molar-refractivity contribution is 9.10. The molecule has 0 unspecified atom stereocenters. The maximum absolute atomic E-state index is 11.9. The van der Waals surface area contributed by atoms with E-state index in [1.54, 1.807) is 10.8 Å². The molecule has 0 aliphatic rings. The van der Waals surface area contributed by atoms with Gasteiger partial charge in [-0.15, -0.1) is 0 Å². The van der Waals surface area contributed by atoms with Gasteiger partial charge in [-0.3, -0.25) is 9.36 Å². The van der Waals surface area contributed by atoms with Gasteiger partial charge >= 0.3 is 0 Å². The molecule has 0 amide bonds. The number of rotatable bonds is 5. The minimum absolute atomic E-state index is 0.0138. The van der Waals surface area contributed by atoms with Crippen LogP contribution in [0.25, 0.3) is 0 Å². The Labute approximate surface area is 117 Å². The van der Waals surface area contributed by atoms with Gasteiger partial charge in [-0.05, 0) is 41.2 Å². The molecule has 0 radical (unpaired) electrons. The van der Waals surface area contributed by atoms with Gasteiger partial charge in [0.25, 0.3) is 5.56 Å². The second-order valence-corrected chi connectivity index (χ2v) is 6.53. The zero-order chi connectivity index (χ0) is 13.8. The van der Waals surface area contributed by atoms with Crippen molar-refractivity contribution >= 4 is 15.9 Å². The minimum atomic E-state index is -0.0138. The van der Waals surface area contributed by atoms with Gasteiger partial charge in [0.1, 0.15) is 10.3 Å². The maximum Gasteiger partial charge on any atom is 0.267 e. The van der Waals surface area contributed by atoms with Gasteiger partial charge in [0.2, 0.25) is 0 Å². The fourth-order valence-corrected chi connectivity index (χ4v) is 1.91. The normalized spacial score (nSPS) is 11.8. The average Bonchev–Trinajstić information content (AvgIpc) is 2.26. The Balaban J connectivity index is 2.45. The molecule has 1 aromatic heterocycles. The Bertz CT molecular complexity index is 449. The monoisotopic (exact) mass is 315 g/mol. The molecule has 0 fully saturated rings. The van der Waals surface area contributed by atoms with Crippen LogP contribution in [0.5, 0.6) is 0 Å². The highest BCUT2D eigenvalue weighted by atomic mass is 79.9. The Morgan fingerprint density at radius 3 is 2.67 bits per heavy atom. The predicted molar refractivity (Wildman–Crippen MR) is 77.9 cm³/mol. The molecule has 1 N–H and O–H groups in total. The molecule has 0 saturated heterocycles. The summed E-state index contributed by atoms with van der Waals surface area (Å²) in [6.07, 6.45) is 2.68. The summed E-state index contributed by atoms with van der Waals surface area (Å²) in [6.45, 7) is 10.9. The number of aryl methyl sites for hydroxylation is 1. The van der Waals surface area contributed by atoms with Gasteiger partial charge in [0, 0.05) is 19.3 Å². The summed E-state index contributed by atoms with van der Waals surface area (Å²) in [5.41, 5.74) is 0.331. The van der Waals surface area contributed by atoms with Crippen LogP contribution in [0.1, 0.15) is 33.0 Å². The van der Waals surface area contributed by atoms with E-state index in [4.69, 9.17) is 0 Å². The van der Waals surface area contributed by atoms with Crippen molar-refractivity contribution in [3.8, 4) is 0 Å². The van der Waals surface area contributed by atoms with Crippen LogP contribution in [-0.4, -0.2) is 22.6 Å². The van der Waals surface area contributed by atoms with E-state index in [-0.39, 0.29) is 5.56 Å². The first-order valence-electron chi connectivity index (χ1n) is 6.24.